The van der Waals surface area contributed by atoms with Crippen molar-refractivity contribution in [3.63, 3.8) is 0 Å². The van der Waals surface area contributed by atoms with Crippen molar-refractivity contribution in [2.75, 3.05) is 4.90 Å². The standard InChI is InChI=1S/C37H45N4/c1-9-37(10-2)24-36(7,8)41(31-29(25(3)4)22-17-23-30(31)26(5)6)32(37)35-39-33(27-18-13-11-14-19-27)38-34(40-35)28-20-15-12-16-21-28/h11-23,25-26H,9-10,24H2,1-8H3. The first-order chi connectivity index (χ1) is 19.6. The van der Waals surface area contributed by atoms with E-state index in [0.29, 0.717) is 23.5 Å². The summed E-state index contributed by atoms with van der Waals surface area (Å²) >= 11 is 0. The van der Waals surface area contributed by atoms with Crippen molar-refractivity contribution in [1.29, 1.82) is 0 Å². The van der Waals surface area contributed by atoms with E-state index in [1.807, 2.05) is 12.1 Å². The van der Waals surface area contributed by atoms with Gasteiger partial charge in [0.05, 0.1) is 0 Å². The Balaban J connectivity index is 1.84. The highest BCUT2D eigenvalue weighted by Crippen LogP contribution is 2.60. The van der Waals surface area contributed by atoms with Gasteiger partial charge in [-0.05, 0) is 56.1 Å². The van der Waals surface area contributed by atoms with Gasteiger partial charge in [0.2, 0.25) is 0 Å². The van der Waals surface area contributed by atoms with Crippen LogP contribution in [0.5, 0.6) is 0 Å². The molecular formula is C37H45N4. The Morgan fingerprint density at radius 3 is 1.49 bits per heavy atom. The molecule has 4 heteroatoms. The third-order valence-corrected chi connectivity index (χ3v) is 8.93. The molecule has 0 bridgehead atoms. The highest BCUT2D eigenvalue weighted by atomic mass is 15.3. The summed E-state index contributed by atoms with van der Waals surface area (Å²) in [6, 6.07) is 28.7. The van der Waals surface area contributed by atoms with E-state index in [1.165, 1.54) is 22.9 Å². The molecule has 0 atom stereocenters. The molecule has 0 saturated carbocycles. The van der Waals surface area contributed by atoms with Crippen molar-refractivity contribution in [3.05, 3.63) is 102 Å². The van der Waals surface area contributed by atoms with Crippen LogP contribution in [-0.4, -0.2) is 20.5 Å². The molecule has 0 amide bonds. The van der Waals surface area contributed by atoms with E-state index in [0.717, 1.165) is 36.2 Å². The van der Waals surface area contributed by atoms with Crippen LogP contribution in [-0.2, 0) is 0 Å². The average Bonchev–Trinajstić information content (AvgIpc) is 3.24. The van der Waals surface area contributed by atoms with Gasteiger partial charge in [-0.25, -0.2) is 15.0 Å². The molecule has 1 saturated heterocycles. The van der Waals surface area contributed by atoms with Crippen LogP contribution in [0.4, 0.5) is 5.69 Å². The SMILES string of the molecule is CCC1(CC)CC(C)(C)N(c2c(C(C)C)cccc2C(C)C)[C]1c1nc(-c2ccccc2)nc(-c2ccccc2)n1. The van der Waals surface area contributed by atoms with E-state index in [9.17, 15) is 0 Å². The topological polar surface area (TPSA) is 41.9 Å². The first-order valence-electron chi connectivity index (χ1n) is 15.3. The van der Waals surface area contributed by atoms with Gasteiger partial charge in [-0.1, -0.05) is 120 Å². The van der Waals surface area contributed by atoms with E-state index in [2.05, 4.69) is 127 Å². The minimum atomic E-state index is -0.123. The molecule has 1 fully saturated rings. The quantitative estimate of drug-likeness (QED) is 0.221. The van der Waals surface area contributed by atoms with Crippen molar-refractivity contribution in [1.82, 2.24) is 15.0 Å². The number of benzene rings is 3. The molecule has 1 radical (unpaired) electrons. The molecule has 1 aliphatic rings. The van der Waals surface area contributed by atoms with Gasteiger partial charge in [0.1, 0.15) is 6.04 Å². The smallest absolute Gasteiger partial charge is 0.163 e. The molecule has 4 aromatic rings. The van der Waals surface area contributed by atoms with Crippen LogP contribution in [0.1, 0.15) is 103 Å². The van der Waals surface area contributed by atoms with Gasteiger partial charge < -0.3 is 4.90 Å². The van der Waals surface area contributed by atoms with Crippen LogP contribution in [0.3, 0.4) is 0 Å². The van der Waals surface area contributed by atoms with Gasteiger partial charge in [-0.15, -0.1) is 0 Å². The minimum Gasteiger partial charge on any atom is -0.350 e. The molecule has 0 aliphatic carbocycles. The summed E-state index contributed by atoms with van der Waals surface area (Å²) in [6.07, 6.45) is 3.08. The Bertz CT molecular complexity index is 1390. The second-order valence-corrected chi connectivity index (χ2v) is 12.8. The molecule has 41 heavy (non-hydrogen) atoms. The van der Waals surface area contributed by atoms with E-state index >= 15 is 0 Å². The summed E-state index contributed by atoms with van der Waals surface area (Å²) in [4.78, 5) is 18.2. The highest BCUT2D eigenvalue weighted by Gasteiger charge is 2.57. The maximum Gasteiger partial charge on any atom is 0.163 e. The summed E-state index contributed by atoms with van der Waals surface area (Å²) in [5, 5.41) is 0. The molecule has 1 aromatic heterocycles. The fourth-order valence-corrected chi connectivity index (χ4v) is 6.80. The molecule has 0 N–H and O–H groups in total. The lowest BCUT2D eigenvalue weighted by atomic mass is 9.73. The van der Waals surface area contributed by atoms with Gasteiger partial charge in [-0.2, -0.15) is 0 Å². The number of rotatable bonds is 8. The van der Waals surface area contributed by atoms with Gasteiger partial charge in [0.15, 0.2) is 17.5 Å². The van der Waals surface area contributed by atoms with E-state index in [1.54, 1.807) is 0 Å². The summed E-state index contributed by atoms with van der Waals surface area (Å²) < 4.78 is 0. The lowest BCUT2D eigenvalue weighted by Gasteiger charge is -2.42. The maximum absolute atomic E-state index is 5.29. The Labute approximate surface area is 247 Å². The second kappa shape index (κ2) is 11.4. The Morgan fingerprint density at radius 1 is 0.634 bits per heavy atom. The van der Waals surface area contributed by atoms with Crippen LogP contribution in [0.25, 0.3) is 22.8 Å². The lowest BCUT2D eigenvalue weighted by Crippen LogP contribution is -2.43. The molecule has 213 valence electrons. The van der Waals surface area contributed by atoms with Crippen LogP contribution in [0.15, 0.2) is 78.9 Å². The number of nitrogens with zero attached hydrogens (tertiary/aromatic N) is 4. The predicted molar refractivity (Wildman–Crippen MR) is 172 cm³/mol. The Hall–Kier alpha value is -3.53. The van der Waals surface area contributed by atoms with E-state index in [4.69, 9.17) is 15.0 Å². The molecule has 5 rings (SSSR count). The monoisotopic (exact) mass is 545 g/mol. The second-order valence-electron chi connectivity index (χ2n) is 12.8. The van der Waals surface area contributed by atoms with Crippen molar-refractivity contribution in [3.8, 4) is 22.8 Å². The molecule has 3 aromatic carbocycles. The molecule has 0 spiro atoms. The number of hydrogen-bond donors (Lipinski definition) is 0. The van der Waals surface area contributed by atoms with E-state index in [-0.39, 0.29) is 11.0 Å². The highest BCUT2D eigenvalue weighted by molar-refractivity contribution is 5.70. The van der Waals surface area contributed by atoms with Crippen LogP contribution < -0.4 is 4.90 Å². The average molecular weight is 546 g/mol. The summed E-state index contributed by atoms with van der Waals surface area (Å²) in [6.45, 7) is 18.7. The van der Waals surface area contributed by atoms with Crippen LogP contribution in [0, 0.1) is 11.5 Å². The van der Waals surface area contributed by atoms with Crippen LogP contribution >= 0.6 is 0 Å². The summed E-state index contributed by atoms with van der Waals surface area (Å²) in [7, 11) is 0. The molecule has 4 nitrogen and oxygen atoms in total. The van der Waals surface area contributed by atoms with E-state index < -0.39 is 0 Å². The van der Waals surface area contributed by atoms with Crippen molar-refractivity contribution < 1.29 is 0 Å². The zero-order chi connectivity index (χ0) is 29.4. The first-order valence-corrected chi connectivity index (χ1v) is 15.3. The summed E-state index contributed by atoms with van der Waals surface area (Å²) in [5.74, 6) is 3.00. The molecular weight excluding hydrogens is 500 g/mol. The van der Waals surface area contributed by atoms with Crippen molar-refractivity contribution >= 4 is 5.69 Å². The number of anilines is 1. The minimum absolute atomic E-state index is 0.0644. The van der Waals surface area contributed by atoms with Crippen LogP contribution in [0.2, 0.25) is 0 Å². The lowest BCUT2D eigenvalue weighted by molar-refractivity contribution is 0.281. The molecule has 0 unspecified atom stereocenters. The Kier molecular flexibility index (Phi) is 8.05. The fourth-order valence-electron chi connectivity index (χ4n) is 6.80. The predicted octanol–water partition coefficient (Wildman–Crippen LogP) is 9.83. The third-order valence-electron chi connectivity index (χ3n) is 8.93. The fraction of sp³-hybridized carbons (Fsp3) is 0.405. The zero-order valence-corrected chi connectivity index (χ0v) is 26.1. The van der Waals surface area contributed by atoms with Gasteiger partial charge in [-0.3, -0.25) is 0 Å². The largest absolute Gasteiger partial charge is 0.350 e. The Morgan fingerprint density at radius 2 is 1.07 bits per heavy atom. The molecule has 2 heterocycles. The number of para-hydroxylation sites is 1. The normalized spacial score (nSPS) is 16.6. The summed E-state index contributed by atoms with van der Waals surface area (Å²) in [5.41, 5.74) is 5.91. The van der Waals surface area contributed by atoms with Crippen molar-refractivity contribution in [2.45, 2.75) is 92.0 Å². The maximum atomic E-state index is 5.29. The molecule has 1 aliphatic heterocycles. The third kappa shape index (κ3) is 5.29. The number of aromatic nitrogens is 3. The van der Waals surface area contributed by atoms with Gasteiger partial charge >= 0.3 is 0 Å². The zero-order valence-electron chi connectivity index (χ0n) is 26.1. The van der Waals surface area contributed by atoms with Crippen molar-refractivity contribution in [2.24, 2.45) is 5.41 Å². The van der Waals surface area contributed by atoms with Gasteiger partial charge in [0.25, 0.3) is 0 Å². The first kappa shape index (κ1) is 29.0. The van der Waals surface area contributed by atoms with Gasteiger partial charge in [0, 0.05) is 27.8 Å². The number of hydrogen-bond acceptors (Lipinski definition) is 4.